The lowest BCUT2D eigenvalue weighted by Crippen LogP contribution is -2.37. The molecule has 0 radical (unpaired) electrons. The fraction of sp³-hybridized carbons (Fsp3) is 0.647. The van der Waals surface area contributed by atoms with E-state index in [4.69, 9.17) is 5.73 Å². The van der Waals surface area contributed by atoms with Crippen molar-refractivity contribution in [2.45, 2.75) is 50.4 Å². The van der Waals surface area contributed by atoms with Crippen LogP contribution in [-0.4, -0.2) is 20.1 Å². The highest BCUT2D eigenvalue weighted by Crippen LogP contribution is 2.40. The monoisotopic (exact) mass is 258 g/mol. The zero-order chi connectivity index (χ0) is 13.3. The highest BCUT2D eigenvalue weighted by atomic mass is 15.1. The van der Waals surface area contributed by atoms with E-state index in [0.717, 1.165) is 6.54 Å². The summed E-state index contributed by atoms with van der Waals surface area (Å²) in [7, 11) is 2.21. The number of aryl methyl sites for hydroxylation is 1. The van der Waals surface area contributed by atoms with Crippen molar-refractivity contribution in [3.63, 3.8) is 0 Å². The summed E-state index contributed by atoms with van der Waals surface area (Å²) in [5.41, 5.74) is 10.9. The van der Waals surface area contributed by atoms with Gasteiger partial charge in [0.1, 0.15) is 0 Å². The van der Waals surface area contributed by atoms with Crippen molar-refractivity contribution < 1.29 is 0 Å². The third-order valence-electron chi connectivity index (χ3n) is 5.24. The van der Waals surface area contributed by atoms with Crippen LogP contribution in [-0.2, 0) is 11.8 Å². The Kier molecular flexibility index (Phi) is 3.53. The Hall–Kier alpha value is -1.02. The molecule has 19 heavy (non-hydrogen) atoms. The van der Waals surface area contributed by atoms with Crippen molar-refractivity contribution in [1.82, 2.24) is 0 Å². The summed E-state index contributed by atoms with van der Waals surface area (Å²) in [4.78, 5) is 2.39. The summed E-state index contributed by atoms with van der Waals surface area (Å²) in [6.07, 6.45) is 9.13. The van der Waals surface area contributed by atoms with Gasteiger partial charge in [0.25, 0.3) is 0 Å². The van der Waals surface area contributed by atoms with Crippen LogP contribution < -0.4 is 10.6 Å². The summed E-state index contributed by atoms with van der Waals surface area (Å²) in [5, 5.41) is 0. The second-order valence-corrected chi connectivity index (χ2v) is 6.41. The Balaban J connectivity index is 1.96. The highest BCUT2D eigenvalue weighted by molar-refractivity contribution is 5.57. The molecular formula is C17H26N2. The van der Waals surface area contributed by atoms with E-state index in [1.54, 1.807) is 0 Å². The molecular weight excluding hydrogens is 232 g/mol. The first-order valence-corrected chi connectivity index (χ1v) is 7.80. The van der Waals surface area contributed by atoms with Crippen LogP contribution in [0.1, 0.15) is 49.7 Å². The molecule has 2 aliphatic rings. The third kappa shape index (κ3) is 2.27. The van der Waals surface area contributed by atoms with E-state index in [-0.39, 0.29) is 5.41 Å². The Morgan fingerprint density at radius 1 is 1.16 bits per heavy atom. The molecule has 2 heteroatoms. The van der Waals surface area contributed by atoms with Gasteiger partial charge in [0.2, 0.25) is 0 Å². The zero-order valence-corrected chi connectivity index (χ0v) is 12.1. The lowest BCUT2D eigenvalue weighted by molar-refractivity contribution is 0.300. The summed E-state index contributed by atoms with van der Waals surface area (Å²) in [6, 6.07) is 7.14. The predicted molar refractivity (Wildman–Crippen MR) is 81.9 cm³/mol. The predicted octanol–water partition coefficient (Wildman–Crippen LogP) is 3.23. The average Bonchev–Trinajstić information content (AvgIpc) is 2.48. The first-order chi connectivity index (χ1) is 9.25. The van der Waals surface area contributed by atoms with Crippen molar-refractivity contribution >= 4 is 5.69 Å². The molecule has 2 N–H and O–H groups in total. The number of fused-ring (bicyclic) bond motifs is 1. The van der Waals surface area contributed by atoms with E-state index in [1.165, 1.54) is 68.3 Å². The van der Waals surface area contributed by atoms with E-state index in [9.17, 15) is 0 Å². The second kappa shape index (κ2) is 5.16. The number of anilines is 1. The molecule has 0 amide bonds. The molecule has 1 saturated carbocycles. The summed E-state index contributed by atoms with van der Waals surface area (Å²) >= 11 is 0. The number of benzene rings is 1. The van der Waals surface area contributed by atoms with Gasteiger partial charge in [-0.05, 0) is 42.9 Å². The molecule has 0 aromatic heterocycles. The molecule has 0 unspecified atom stereocenters. The van der Waals surface area contributed by atoms with Crippen molar-refractivity contribution in [3.8, 4) is 0 Å². The molecule has 1 aliphatic heterocycles. The SMILES string of the molecule is CN1CCCc2cc(C3(CN)CCCCC3)ccc21. The Labute approximate surface area is 117 Å². The van der Waals surface area contributed by atoms with Gasteiger partial charge in [0.15, 0.2) is 0 Å². The van der Waals surface area contributed by atoms with Gasteiger partial charge in [-0.25, -0.2) is 0 Å². The van der Waals surface area contributed by atoms with Crippen molar-refractivity contribution in [2.24, 2.45) is 5.73 Å². The molecule has 1 fully saturated rings. The van der Waals surface area contributed by atoms with Crippen LogP contribution in [0, 0.1) is 0 Å². The molecule has 0 spiro atoms. The third-order valence-corrected chi connectivity index (χ3v) is 5.24. The summed E-state index contributed by atoms with van der Waals surface area (Å²) in [5.74, 6) is 0. The van der Waals surface area contributed by atoms with Gasteiger partial charge in [0.05, 0.1) is 0 Å². The van der Waals surface area contributed by atoms with Crippen LogP contribution in [0.15, 0.2) is 18.2 Å². The van der Waals surface area contributed by atoms with Gasteiger partial charge >= 0.3 is 0 Å². The van der Waals surface area contributed by atoms with Crippen LogP contribution in [0.5, 0.6) is 0 Å². The zero-order valence-electron chi connectivity index (χ0n) is 12.1. The van der Waals surface area contributed by atoms with Crippen LogP contribution in [0.4, 0.5) is 5.69 Å². The largest absolute Gasteiger partial charge is 0.374 e. The molecule has 1 aromatic carbocycles. The van der Waals surface area contributed by atoms with Gasteiger partial charge in [-0.1, -0.05) is 31.4 Å². The molecule has 3 rings (SSSR count). The molecule has 2 nitrogen and oxygen atoms in total. The van der Waals surface area contributed by atoms with E-state index >= 15 is 0 Å². The van der Waals surface area contributed by atoms with E-state index in [0.29, 0.717) is 0 Å². The first-order valence-electron chi connectivity index (χ1n) is 7.80. The number of nitrogens with two attached hydrogens (primary N) is 1. The van der Waals surface area contributed by atoms with Crippen molar-refractivity contribution in [1.29, 1.82) is 0 Å². The standard InChI is InChI=1S/C17H26N2/c1-19-11-5-6-14-12-15(7-8-16(14)19)17(13-18)9-3-2-4-10-17/h7-8,12H,2-6,9-11,13,18H2,1H3. The molecule has 1 aliphatic carbocycles. The maximum Gasteiger partial charge on any atom is 0.0396 e. The highest BCUT2D eigenvalue weighted by Gasteiger charge is 2.33. The van der Waals surface area contributed by atoms with Crippen LogP contribution in [0.3, 0.4) is 0 Å². The topological polar surface area (TPSA) is 29.3 Å². The minimum atomic E-state index is 0.267. The quantitative estimate of drug-likeness (QED) is 0.882. The van der Waals surface area contributed by atoms with Gasteiger partial charge in [-0.2, -0.15) is 0 Å². The Morgan fingerprint density at radius 3 is 2.68 bits per heavy atom. The van der Waals surface area contributed by atoms with Crippen LogP contribution in [0.25, 0.3) is 0 Å². The second-order valence-electron chi connectivity index (χ2n) is 6.41. The van der Waals surface area contributed by atoms with E-state index in [2.05, 4.69) is 30.1 Å². The maximum atomic E-state index is 6.16. The fourth-order valence-electron chi connectivity index (χ4n) is 3.95. The summed E-state index contributed by atoms with van der Waals surface area (Å²) in [6.45, 7) is 2.00. The lowest BCUT2D eigenvalue weighted by Gasteiger charge is -2.38. The Bertz CT molecular complexity index is 447. The minimum Gasteiger partial charge on any atom is -0.374 e. The molecule has 0 atom stereocenters. The molecule has 1 aromatic rings. The smallest absolute Gasteiger partial charge is 0.0396 e. The van der Waals surface area contributed by atoms with Crippen molar-refractivity contribution in [3.05, 3.63) is 29.3 Å². The van der Waals surface area contributed by atoms with Gasteiger partial charge < -0.3 is 10.6 Å². The van der Waals surface area contributed by atoms with Gasteiger partial charge in [-0.3, -0.25) is 0 Å². The Morgan fingerprint density at radius 2 is 1.95 bits per heavy atom. The van der Waals surface area contributed by atoms with Crippen LogP contribution >= 0.6 is 0 Å². The number of rotatable bonds is 2. The summed E-state index contributed by atoms with van der Waals surface area (Å²) < 4.78 is 0. The fourth-order valence-corrected chi connectivity index (χ4v) is 3.95. The molecule has 1 heterocycles. The number of hydrogen-bond donors (Lipinski definition) is 1. The normalized spacial score (nSPS) is 22.1. The van der Waals surface area contributed by atoms with Gasteiger partial charge in [-0.15, -0.1) is 0 Å². The number of hydrogen-bond acceptors (Lipinski definition) is 2. The number of nitrogens with zero attached hydrogens (tertiary/aromatic N) is 1. The lowest BCUT2D eigenvalue weighted by atomic mass is 9.69. The maximum absolute atomic E-state index is 6.16. The first kappa shape index (κ1) is 13.0. The van der Waals surface area contributed by atoms with E-state index in [1.807, 2.05) is 0 Å². The van der Waals surface area contributed by atoms with Crippen LogP contribution in [0.2, 0.25) is 0 Å². The molecule has 0 bridgehead atoms. The van der Waals surface area contributed by atoms with Crippen molar-refractivity contribution in [2.75, 3.05) is 25.0 Å². The van der Waals surface area contributed by atoms with E-state index < -0.39 is 0 Å². The molecule has 104 valence electrons. The average molecular weight is 258 g/mol. The molecule has 0 saturated heterocycles. The minimum absolute atomic E-state index is 0.267. The van der Waals surface area contributed by atoms with Gasteiger partial charge in [0, 0.05) is 31.2 Å².